The summed E-state index contributed by atoms with van der Waals surface area (Å²) in [7, 11) is -5.62. The summed E-state index contributed by atoms with van der Waals surface area (Å²) in [5.74, 6) is -4.44. The Bertz CT molecular complexity index is 728. The van der Waals surface area contributed by atoms with Crippen molar-refractivity contribution in [3.63, 3.8) is 0 Å². The molecule has 0 aromatic carbocycles. The monoisotopic (exact) mass is 566 g/mol. The van der Waals surface area contributed by atoms with Gasteiger partial charge in [-0.05, 0) is 12.8 Å². The molecule has 204 valence electrons. The van der Waals surface area contributed by atoms with E-state index in [4.69, 9.17) is 4.74 Å². The summed E-state index contributed by atoms with van der Waals surface area (Å²) in [5.41, 5.74) is 0. The number of carbonyl (C=O) groups excluding carboxylic acids is 2. The molecule has 0 radical (unpaired) electrons. The van der Waals surface area contributed by atoms with Crippen LogP contribution in [0.3, 0.4) is 0 Å². The average Bonchev–Trinajstić information content (AvgIpc) is 3.07. The molecule has 1 aliphatic heterocycles. The minimum Gasteiger partial charge on any atom is -0.780 e. The van der Waals surface area contributed by atoms with Gasteiger partial charge in [0.15, 0.2) is 11.9 Å². The van der Waals surface area contributed by atoms with E-state index in [1.165, 1.54) is 25.7 Å². The summed E-state index contributed by atoms with van der Waals surface area (Å²) in [6.07, 6.45) is 11.2. The van der Waals surface area contributed by atoms with Gasteiger partial charge in [-0.1, -0.05) is 90.9 Å². The maximum atomic E-state index is 12.7. The van der Waals surface area contributed by atoms with Crippen LogP contribution in [0.5, 0.6) is 0 Å². The van der Waals surface area contributed by atoms with Crippen LogP contribution >= 0.6 is 7.82 Å². The second-order valence-electron chi connectivity index (χ2n) is 9.09. The molecule has 0 aromatic rings. The quantitative estimate of drug-likeness (QED) is 0.0700. The Morgan fingerprint density at radius 1 is 0.946 bits per heavy atom. The predicted molar refractivity (Wildman–Crippen MR) is 125 cm³/mol. The van der Waals surface area contributed by atoms with Crippen molar-refractivity contribution < 1.29 is 107 Å². The molecule has 2 N–H and O–H groups in total. The second-order valence-corrected chi connectivity index (χ2v) is 10.2. The number of phosphoric acid groups is 1. The number of carbonyl (C=O) groups is 2. The van der Waals surface area contributed by atoms with E-state index in [1.807, 2.05) is 0 Å². The molecular formula is C24H41Na2O10P. The molecule has 1 heterocycles. The Morgan fingerprint density at radius 3 is 1.86 bits per heavy atom. The van der Waals surface area contributed by atoms with Gasteiger partial charge in [0.1, 0.15) is 20.5 Å². The fourth-order valence-electron chi connectivity index (χ4n) is 4.01. The Labute approximate surface area is 265 Å². The van der Waals surface area contributed by atoms with Crippen LogP contribution in [0.4, 0.5) is 0 Å². The molecule has 0 aromatic heterocycles. The molecule has 0 bridgehead atoms. The van der Waals surface area contributed by atoms with Crippen molar-refractivity contribution in [2.45, 2.75) is 116 Å². The van der Waals surface area contributed by atoms with Crippen LogP contribution in [0.1, 0.15) is 104 Å². The van der Waals surface area contributed by atoms with Crippen molar-refractivity contribution in [2.24, 2.45) is 5.92 Å². The van der Waals surface area contributed by atoms with Gasteiger partial charge in [0.25, 0.3) is 5.76 Å². The third-order valence-corrected chi connectivity index (χ3v) is 6.42. The van der Waals surface area contributed by atoms with Gasteiger partial charge in [0.2, 0.25) is 0 Å². The minimum absolute atomic E-state index is 0. The zero-order valence-electron chi connectivity index (χ0n) is 22.9. The van der Waals surface area contributed by atoms with Gasteiger partial charge in [-0.15, -0.1) is 0 Å². The van der Waals surface area contributed by atoms with E-state index in [1.54, 1.807) is 0 Å². The van der Waals surface area contributed by atoms with Gasteiger partial charge in [0.05, 0.1) is 5.92 Å². The molecule has 0 spiro atoms. The molecule has 0 saturated carbocycles. The van der Waals surface area contributed by atoms with E-state index >= 15 is 0 Å². The number of rotatable bonds is 20. The number of esters is 2. The number of aliphatic hydroxyl groups is 2. The third kappa shape index (κ3) is 16.9. The molecule has 13 heteroatoms. The molecule has 1 aliphatic rings. The Kier molecular flexibility index (Phi) is 23.6. The van der Waals surface area contributed by atoms with Crippen molar-refractivity contribution in [3.8, 4) is 0 Å². The van der Waals surface area contributed by atoms with Gasteiger partial charge < -0.3 is 38.6 Å². The van der Waals surface area contributed by atoms with Crippen LogP contribution in [-0.2, 0) is 28.2 Å². The molecule has 0 saturated heterocycles. The standard InChI is InChI=1S/C24H43O10P.2Na/c1-3-5-7-9-10-12-14-16-18(15-13-11-8-6-4-2)23(27)32-17-19(25)21-20(26)22(24(28)33-21)34-35(29,30)31;;/h18-19,21,25-26H,3-17H2,1-2H3,(H2,29,30,31);;/q;2*+1/p-2/t18?,19-,21+;;/m0../s1. The zero-order valence-corrected chi connectivity index (χ0v) is 27.8. The minimum atomic E-state index is -5.62. The smallest absolute Gasteiger partial charge is 0.780 e. The first-order chi connectivity index (χ1) is 16.6. The van der Waals surface area contributed by atoms with Crippen LogP contribution in [0.25, 0.3) is 0 Å². The summed E-state index contributed by atoms with van der Waals surface area (Å²) in [4.78, 5) is 45.8. The summed E-state index contributed by atoms with van der Waals surface area (Å²) < 4.78 is 24.6. The summed E-state index contributed by atoms with van der Waals surface area (Å²) in [6.45, 7) is 3.73. The summed E-state index contributed by atoms with van der Waals surface area (Å²) in [5, 5.41) is 20.2. The maximum Gasteiger partial charge on any atom is 1.00 e. The molecule has 0 amide bonds. The van der Waals surface area contributed by atoms with Gasteiger partial charge in [-0.3, -0.25) is 4.79 Å². The van der Waals surface area contributed by atoms with E-state index in [0.717, 1.165) is 51.4 Å². The van der Waals surface area contributed by atoms with Gasteiger partial charge >= 0.3 is 71.1 Å². The Hall–Kier alpha value is 0.390. The van der Waals surface area contributed by atoms with Crippen molar-refractivity contribution in [3.05, 3.63) is 11.5 Å². The average molecular weight is 567 g/mol. The summed E-state index contributed by atoms with van der Waals surface area (Å²) in [6, 6.07) is 0. The van der Waals surface area contributed by atoms with E-state index in [-0.39, 0.29) is 65.0 Å². The molecule has 1 unspecified atom stereocenters. The summed E-state index contributed by atoms with van der Waals surface area (Å²) >= 11 is 0. The molecule has 1 rings (SSSR count). The number of aliphatic hydroxyl groups excluding tert-OH is 2. The van der Waals surface area contributed by atoms with Crippen molar-refractivity contribution in [2.75, 3.05) is 6.61 Å². The fraction of sp³-hybridized carbons (Fsp3) is 0.833. The third-order valence-electron chi connectivity index (χ3n) is 6.02. The van der Waals surface area contributed by atoms with Crippen LogP contribution in [0.2, 0.25) is 0 Å². The predicted octanol–water partition coefficient (Wildman–Crippen LogP) is -2.44. The van der Waals surface area contributed by atoms with Gasteiger partial charge in [-0.2, -0.15) is 0 Å². The van der Waals surface area contributed by atoms with E-state index < -0.39 is 50.1 Å². The Balaban J connectivity index is 0. The fourth-order valence-corrected chi connectivity index (χ4v) is 4.40. The van der Waals surface area contributed by atoms with Crippen LogP contribution in [0.15, 0.2) is 11.5 Å². The molecule has 0 aliphatic carbocycles. The molecule has 10 nitrogen and oxygen atoms in total. The number of cyclic esters (lactones) is 1. The SMILES string of the molecule is CCCCCCCCCC(CCCCCCC)C(=O)OC[C@H](O)[C@H]1OC(=O)C(OP(=O)([O-])[O-])=C1O.[Na+].[Na+]. The zero-order chi connectivity index (χ0) is 26.3. The second kappa shape index (κ2) is 22.1. The topological polar surface area (TPSA) is 165 Å². The Morgan fingerprint density at radius 2 is 1.41 bits per heavy atom. The normalized spacial score (nSPS) is 16.9. The molecular weight excluding hydrogens is 525 g/mol. The first-order valence-corrected chi connectivity index (χ1v) is 14.3. The number of phosphoric ester groups is 1. The number of hydrogen-bond acceptors (Lipinski definition) is 10. The van der Waals surface area contributed by atoms with E-state index in [0.29, 0.717) is 12.8 Å². The molecule has 3 atom stereocenters. The van der Waals surface area contributed by atoms with Gasteiger partial charge in [-0.25, -0.2) is 4.79 Å². The van der Waals surface area contributed by atoms with Crippen LogP contribution in [-0.4, -0.2) is 41.0 Å². The van der Waals surface area contributed by atoms with Crippen LogP contribution in [0, 0.1) is 5.92 Å². The van der Waals surface area contributed by atoms with Crippen LogP contribution < -0.4 is 68.9 Å². The van der Waals surface area contributed by atoms with Crippen molar-refractivity contribution >= 4 is 19.8 Å². The largest absolute Gasteiger partial charge is 1.00 e. The van der Waals surface area contributed by atoms with E-state index in [9.17, 15) is 34.2 Å². The first kappa shape index (κ1) is 39.5. The van der Waals surface area contributed by atoms with Gasteiger partial charge in [0, 0.05) is 0 Å². The molecule has 37 heavy (non-hydrogen) atoms. The van der Waals surface area contributed by atoms with Crippen molar-refractivity contribution in [1.29, 1.82) is 0 Å². The molecule has 0 fully saturated rings. The maximum absolute atomic E-state index is 12.7. The van der Waals surface area contributed by atoms with E-state index in [2.05, 4.69) is 23.1 Å². The number of hydrogen-bond donors (Lipinski definition) is 2. The first-order valence-electron chi connectivity index (χ1n) is 12.8. The number of ether oxygens (including phenoxy) is 2. The van der Waals surface area contributed by atoms with Crippen molar-refractivity contribution in [1.82, 2.24) is 0 Å². The number of unbranched alkanes of at least 4 members (excludes halogenated alkanes) is 10.